The lowest BCUT2D eigenvalue weighted by Gasteiger charge is -2.33. The monoisotopic (exact) mass is 397 g/mol. The van der Waals surface area contributed by atoms with Gasteiger partial charge in [0.1, 0.15) is 5.76 Å². The highest BCUT2D eigenvalue weighted by Gasteiger charge is 2.17. The Morgan fingerprint density at radius 3 is 2.63 bits per heavy atom. The lowest BCUT2D eigenvalue weighted by Crippen LogP contribution is -2.46. The number of nitrogens with one attached hydrogen (secondary N) is 2. The van der Waals surface area contributed by atoms with Crippen molar-refractivity contribution in [1.82, 2.24) is 20.3 Å². The molecule has 2 heterocycles. The molecular formula is C18H31N5O3S. The van der Waals surface area contributed by atoms with Crippen LogP contribution in [0.4, 0.5) is 5.82 Å². The number of piperazine rings is 1. The zero-order valence-electron chi connectivity index (χ0n) is 16.5. The average Bonchev–Trinajstić information content (AvgIpc) is 3.08. The number of hydrogen-bond acceptors (Lipinski definition) is 7. The molecule has 1 aromatic rings. The summed E-state index contributed by atoms with van der Waals surface area (Å²) in [5.41, 5.74) is 0. The number of thioether (sulfide) groups is 1. The summed E-state index contributed by atoms with van der Waals surface area (Å²) in [6.07, 6.45) is 0.948. The Morgan fingerprint density at radius 1 is 1.30 bits per heavy atom. The molecule has 0 radical (unpaired) electrons. The van der Waals surface area contributed by atoms with Gasteiger partial charge in [0, 0.05) is 38.8 Å². The molecule has 0 bridgehead atoms. The van der Waals surface area contributed by atoms with E-state index in [-0.39, 0.29) is 22.8 Å². The Labute approximate surface area is 165 Å². The van der Waals surface area contributed by atoms with Crippen molar-refractivity contribution in [3.63, 3.8) is 0 Å². The smallest absolute Gasteiger partial charge is 0.238 e. The minimum Gasteiger partial charge on any atom is -0.360 e. The Bertz CT molecular complexity index is 602. The fraction of sp³-hybridized carbons (Fsp3) is 0.722. The number of hydrogen-bond donors (Lipinski definition) is 2. The van der Waals surface area contributed by atoms with E-state index in [0.29, 0.717) is 18.1 Å². The molecule has 0 saturated carbocycles. The third-order valence-corrected chi connectivity index (χ3v) is 5.74. The van der Waals surface area contributed by atoms with E-state index >= 15 is 0 Å². The Hall–Kier alpha value is -1.58. The quantitative estimate of drug-likeness (QED) is 0.573. The second kappa shape index (κ2) is 11.3. The van der Waals surface area contributed by atoms with Crippen molar-refractivity contribution >= 4 is 29.4 Å². The van der Waals surface area contributed by atoms with Gasteiger partial charge in [0.15, 0.2) is 5.82 Å². The summed E-state index contributed by atoms with van der Waals surface area (Å²) in [6.45, 7) is 13.0. The molecular weight excluding hydrogens is 366 g/mol. The number of carbonyl (C=O) groups excluding carboxylic acids is 2. The van der Waals surface area contributed by atoms with Gasteiger partial charge < -0.3 is 25.0 Å². The van der Waals surface area contributed by atoms with Crippen LogP contribution in [-0.4, -0.2) is 83.6 Å². The van der Waals surface area contributed by atoms with Crippen LogP contribution in [0.5, 0.6) is 0 Å². The Kier molecular flexibility index (Phi) is 9.09. The first-order valence-corrected chi connectivity index (χ1v) is 10.6. The summed E-state index contributed by atoms with van der Waals surface area (Å²) in [6, 6.07) is 1.66. The Morgan fingerprint density at radius 2 is 2.00 bits per heavy atom. The molecule has 2 rings (SSSR count). The van der Waals surface area contributed by atoms with Gasteiger partial charge in [-0.05, 0) is 33.4 Å². The fourth-order valence-electron chi connectivity index (χ4n) is 2.84. The van der Waals surface area contributed by atoms with E-state index in [2.05, 4.69) is 32.5 Å². The standard InChI is InChI=1S/C18H31N5O3S/c1-4-22-8-10-23(11-9-22)7-5-6-19-17(24)13-27-15(3)18(25)20-16-12-14(2)26-21-16/h12,15H,4-11,13H2,1-3H3,(H,19,24)(H,20,21,25). The maximum atomic E-state index is 12.1. The number of amides is 2. The molecule has 0 spiro atoms. The first kappa shape index (κ1) is 21.7. The van der Waals surface area contributed by atoms with Crippen LogP contribution >= 0.6 is 11.8 Å². The summed E-state index contributed by atoms with van der Waals surface area (Å²) in [4.78, 5) is 28.9. The number of likely N-dealkylation sites (N-methyl/N-ethyl adjacent to an activating group) is 1. The van der Waals surface area contributed by atoms with Crippen LogP contribution in [0.2, 0.25) is 0 Å². The molecule has 152 valence electrons. The summed E-state index contributed by atoms with van der Waals surface area (Å²) in [5.74, 6) is 1.08. The molecule has 1 aromatic heterocycles. The number of anilines is 1. The van der Waals surface area contributed by atoms with Crippen LogP contribution in [0.1, 0.15) is 26.0 Å². The number of carbonyl (C=O) groups is 2. The average molecular weight is 398 g/mol. The topological polar surface area (TPSA) is 90.7 Å². The van der Waals surface area contributed by atoms with Crippen LogP contribution in [0.3, 0.4) is 0 Å². The lowest BCUT2D eigenvalue weighted by molar-refractivity contribution is -0.118. The number of rotatable bonds is 10. The van der Waals surface area contributed by atoms with Gasteiger partial charge in [0.25, 0.3) is 0 Å². The largest absolute Gasteiger partial charge is 0.360 e. The zero-order chi connectivity index (χ0) is 19.6. The zero-order valence-corrected chi connectivity index (χ0v) is 17.3. The van der Waals surface area contributed by atoms with Gasteiger partial charge in [-0.3, -0.25) is 9.59 Å². The SMILES string of the molecule is CCN1CCN(CCCNC(=O)CSC(C)C(=O)Nc2cc(C)on2)CC1. The molecule has 1 aliphatic heterocycles. The predicted octanol–water partition coefficient (Wildman–Crippen LogP) is 1.19. The van der Waals surface area contributed by atoms with Gasteiger partial charge in [0.2, 0.25) is 11.8 Å². The summed E-state index contributed by atoms with van der Waals surface area (Å²) >= 11 is 1.31. The molecule has 1 unspecified atom stereocenters. The summed E-state index contributed by atoms with van der Waals surface area (Å²) in [5, 5.41) is 8.99. The highest BCUT2D eigenvalue weighted by atomic mass is 32.2. The molecule has 1 atom stereocenters. The lowest BCUT2D eigenvalue weighted by atomic mass is 10.3. The molecule has 2 N–H and O–H groups in total. The third-order valence-electron chi connectivity index (χ3n) is 4.60. The minimum atomic E-state index is -0.345. The van der Waals surface area contributed by atoms with Gasteiger partial charge in [-0.1, -0.05) is 12.1 Å². The van der Waals surface area contributed by atoms with Crippen LogP contribution in [0, 0.1) is 6.92 Å². The van der Waals surface area contributed by atoms with E-state index in [1.54, 1.807) is 19.9 Å². The molecule has 8 nitrogen and oxygen atoms in total. The predicted molar refractivity (Wildman–Crippen MR) is 108 cm³/mol. The third kappa shape index (κ3) is 7.90. The number of nitrogens with zero attached hydrogens (tertiary/aromatic N) is 3. The van der Waals surface area contributed by atoms with Crippen molar-refractivity contribution in [2.45, 2.75) is 32.4 Å². The molecule has 0 aromatic carbocycles. The van der Waals surface area contributed by atoms with Gasteiger partial charge >= 0.3 is 0 Å². The van der Waals surface area contributed by atoms with Crippen molar-refractivity contribution < 1.29 is 14.1 Å². The van der Waals surface area contributed by atoms with Gasteiger partial charge in [-0.15, -0.1) is 11.8 Å². The van der Waals surface area contributed by atoms with E-state index < -0.39 is 0 Å². The second-order valence-electron chi connectivity index (χ2n) is 6.74. The first-order valence-electron chi connectivity index (χ1n) is 9.55. The normalized spacial score (nSPS) is 16.9. The van der Waals surface area contributed by atoms with Crippen molar-refractivity contribution in [3.05, 3.63) is 11.8 Å². The Balaban J connectivity index is 1.53. The fourth-order valence-corrected chi connectivity index (χ4v) is 3.55. The second-order valence-corrected chi connectivity index (χ2v) is 8.07. The van der Waals surface area contributed by atoms with Gasteiger partial charge in [-0.2, -0.15) is 0 Å². The molecule has 0 aliphatic carbocycles. The van der Waals surface area contributed by atoms with Crippen molar-refractivity contribution in [2.75, 3.05) is 56.9 Å². The van der Waals surface area contributed by atoms with E-state index in [1.807, 2.05) is 0 Å². The molecule has 9 heteroatoms. The van der Waals surface area contributed by atoms with E-state index in [0.717, 1.165) is 45.7 Å². The number of aromatic nitrogens is 1. The van der Waals surface area contributed by atoms with Crippen molar-refractivity contribution in [2.24, 2.45) is 0 Å². The van der Waals surface area contributed by atoms with Crippen LogP contribution in [0.15, 0.2) is 10.6 Å². The molecule has 1 saturated heterocycles. The van der Waals surface area contributed by atoms with E-state index in [9.17, 15) is 9.59 Å². The first-order chi connectivity index (χ1) is 13.0. The maximum Gasteiger partial charge on any atom is 0.238 e. The summed E-state index contributed by atoms with van der Waals surface area (Å²) < 4.78 is 4.91. The minimum absolute atomic E-state index is 0.0345. The van der Waals surface area contributed by atoms with E-state index in [1.165, 1.54) is 11.8 Å². The highest BCUT2D eigenvalue weighted by Crippen LogP contribution is 2.14. The van der Waals surface area contributed by atoms with E-state index in [4.69, 9.17) is 4.52 Å². The van der Waals surface area contributed by atoms with Crippen molar-refractivity contribution in [1.29, 1.82) is 0 Å². The molecule has 27 heavy (non-hydrogen) atoms. The maximum absolute atomic E-state index is 12.1. The van der Waals surface area contributed by atoms with Gasteiger partial charge in [0.05, 0.1) is 11.0 Å². The van der Waals surface area contributed by atoms with Crippen LogP contribution in [0.25, 0.3) is 0 Å². The van der Waals surface area contributed by atoms with Crippen LogP contribution in [-0.2, 0) is 9.59 Å². The highest BCUT2D eigenvalue weighted by molar-refractivity contribution is 8.01. The van der Waals surface area contributed by atoms with Crippen molar-refractivity contribution in [3.8, 4) is 0 Å². The molecule has 2 amide bonds. The molecule has 1 aliphatic rings. The van der Waals surface area contributed by atoms with Gasteiger partial charge in [-0.25, -0.2) is 0 Å². The molecule has 1 fully saturated rings. The number of aryl methyl sites for hydroxylation is 1. The summed E-state index contributed by atoms with van der Waals surface area (Å²) in [7, 11) is 0. The van der Waals surface area contributed by atoms with Crippen LogP contribution < -0.4 is 10.6 Å².